The molecule has 0 bridgehead atoms. The molecule has 1 aromatic rings. The lowest BCUT2D eigenvalue weighted by Gasteiger charge is -2.16. The highest BCUT2D eigenvalue weighted by atomic mass is 127. The van der Waals surface area contributed by atoms with Gasteiger partial charge in [0.05, 0.1) is 0 Å². The monoisotopic (exact) mass is 444 g/mol. The van der Waals surface area contributed by atoms with E-state index in [2.05, 4.69) is 95.3 Å². The third-order valence-corrected chi connectivity index (χ3v) is 4.20. The summed E-state index contributed by atoms with van der Waals surface area (Å²) in [5, 5.41) is 0. The molecule has 0 spiro atoms. The van der Waals surface area contributed by atoms with Crippen LogP contribution in [0.3, 0.4) is 0 Å². The van der Waals surface area contributed by atoms with Gasteiger partial charge >= 0.3 is 0 Å². The highest BCUT2D eigenvalue weighted by Gasteiger charge is 2.08. The van der Waals surface area contributed by atoms with E-state index in [1.807, 2.05) is 0 Å². The average Bonchev–Trinajstić information content (AvgIpc) is 2.11. The maximum absolute atomic E-state index is 2.43. The standard InChI is InChI=1S/C12H18I2N2/c1-15(2)7-9-5-12(14)10(6-11(9)13)8-16(3)4/h5-6H,7-8H2,1-4H3. The second kappa shape index (κ2) is 6.51. The van der Waals surface area contributed by atoms with Crippen molar-refractivity contribution in [3.05, 3.63) is 30.4 Å². The van der Waals surface area contributed by atoms with Crippen molar-refractivity contribution in [3.63, 3.8) is 0 Å². The third-order valence-electron chi connectivity index (χ3n) is 2.19. The van der Waals surface area contributed by atoms with E-state index in [0.717, 1.165) is 13.1 Å². The molecule has 0 saturated carbocycles. The zero-order valence-electron chi connectivity index (χ0n) is 10.2. The number of hydrogen-bond donors (Lipinski definition) is 0. The molecule has 4 heteroatoms. The van der Waals surface area contributed by atoms with Gasteiger partial charge in [0.2, 0.25) is 0 Å². The normalized spacial score (nSPS) is 11.5. The predicted octanol–water partition coefficient (Wildman–Crippen LogP) is 3.02. The van der Waals surface area contributed by atoms with Crippen LogP contribution in [-0.4, -0.2) is 38.0 Å². The molecule has 0 heterocycles. The Morgan fingerprint density at radius 1 is 0.812 bits per heavy atom. The van der Waals surface area contributed by atoms with E-state index >= 15 is 0 Å². The first-order valence-corrected chi connectivity index (χ1v) is 7.32. The van der Waals surface area contributed by atoms with E-state index in [1.165, 1.54) is 18.3 Å². The first-order chi connectivity index (χ1) is 7.40. The molecule has 0 unspecified atom stereocenters. The van der Waals surface area contributed by atoms with Gasteiger partial charge in [-0.3, -0.25) is 0 Å². The molecule has 0 aliphatic carbocycles. The molecule has 0 aromatic heterocycles. The second-order valence-corrected chi connectivity index (χ2v) is 6.83. The van der Waals surface area contributed by atoms with Crippen LogP contribution in [-0.2, 0) is 13.1 Å². The number of rotatable bonds is 4. The van der Waals surface area contributed by atoms with E-state index in [-0.39, 0.29) is 0 Å². The number of hydrogen-bond acceptors (Lipinski definition) is 2. The molecule has 2 nitrogen and oxygen atoms in total. The number of benzene rings is 1. The summed E-state index contributed by atoms with van der Waals surface area (Å²) in [6.07, 6.45) is 0. The van der Waals surface area contributed by atoms with Gasteiger partial charge in [-0.2, -0.15) is 0 Å². The largest absolute Gasteiger partial charge is 0.305 e. The van der Waals surface area contributed by atoms with Gasteiger partial charge in [-0.05, 0) is 96.6 Å². The van der Waals surface area contributed by atoms with Crippen LogP contribution in [0, 0.1) is 7.14 Å². The first kappa shape index (κ1) is 14.7. The Morgan fingerprint density at radius 3 is 1.38 bits per heavy atom. The Kier molecular flexibility index (Phi) is 5.97. The molecule has 0 fully saturated rings. The summed E-state index contributed by atoms with van der Waals surface area (Å²) in [6.45, 7) is 2.02. The van der Waals surface area contributed by atoms with E-state index in [0.29, 0.717) is 0 Å². The third kappa shape index (κ3) is 4.46. The molecule has 0 atom stereocenters. The summed E-state index contributed by atoms with van der Waals surface area (Å²) in [7, 11) is 8.43. The SMILES string of the molecule is CN(C)Cc1cc(I)c(CN(C)C)cc1I. The van der Waals surface area contributed by atoms with Crippen LogP contribution >= 0.6 is 45.2 Å². The van der Waals surface area contributed by atoms with Crippen LogP contribution in [0.5, 0.6) is 0 Å². The van der Waals surface area contributed by atoms with Crippen LogP contribution in [0.2, 0.25) is 0 Å². The first-order valence-electron chi connectivity index (χ1n) is 5.16. The fraction of sp³-hybridized carbons (Fsp3) is 0.500. The van der Waals surface area contributed by atoms with Gasteiger partial charge in [0.1, 0.15) is 0 Å². The summed E-state index contributed by atoms with van der Waals surface area (Å²) in [4.78, 5) is 4.42. The highest BCUT2D eigenvalue weighted by molar-refractivity contribution is 14.1. The summed E-state index contributed by atoms with van der Waals surface area (Å²) < 4.78 is 2.73. The fourth-order valence-electron chi connectivity index (χ4n) is 1.55. The second-order valence-electron chi connectivity index (χ2n) is 4.51. The van der Waals surface area contributed by atoms with Gasteiger partial charge in [0.15, 0.2) is 0 Å². The average molecular weight is 444 g/mol. The molecule has 0 aliphatic rings. The van der Waals surface area contributed by atoms with Gasteiger partial charge in [-0.1, -0.05) is 0 Å². The molecule has 0 amide bonds. The van der Waals surface area contributed by atoms with Crippen molar-refractivity contribution >= 4 is 45.2 Å². The minimum absolute atomic E-state index is 1.01. The minimum Gasteiger partial charge on any atom is -0.305 e. The zero-order valence-corrected chi connectivity index (χ0v) is 14.5. The maximum atomic E-state index is 2.43. The summed E-state index contributed by atoms with van der Waals surface area (Å²) in [5.41, 5.74) is 2.83. The van der Waals surface area contributed by atoms with Crippen molar-refractivity contribution in [3.8, 4) is 0 Å². The van der Waals surface area contributed by atoms with Crippen molar-refractivity contribution in [1.82, 2.24) is 9.80 Å². The van der Waals surface area contributed by atoms with Crippen LogP contribution in [0.25, 0.3) is 0 Å². The Morgan fingerprint density at radius 2 is 1.12 bits per heavy atom. The quantitative estimate of drug-likeness (QED) is 0.660. The topological polar surface area (TPSA) is 6.48 Å². The number of halogens is 2. The van der Waals surface area contributed by atoms with Gasteiger partial charge in [0, 0.05) is 20.2 Å². The minimum atomic E-state index is 1.01. The maximum Gasteiger partial charge on any atom is 0.0238 e. The molecular weight excluding hydrogens is 426 g/mol. The summed E-state index contributed by atoms with van der Waals surface area (Å²) >= 11 is 4.87. The number of nitrogens with zero attached hydrogens (tertiary/aromatic N) is 2. The van der Waals surface area contributed by atoms with E-state index in [9.17, 15) is 0 Å². The van der Waals surface area contributed by atoms with Gasteiger partial charge in [0.25, 0.3) is 0 Å². The molecule has 0 N–H and O–H groups in total. The van der Waals surface area contributed by atoms with Crippen LogP contribution in [0.4, 0.5) is 0 Å². The van der Waals surface area contributed by atoms with Gasteiger partial charge in [-0.15, -0.1) is 0 Å². The molecule has 0 saturated heterocycles. The Hall–Kier alpha value is 0.600. The van der Waals surface area contributed by atoms with Gasteiger partial charge < -0.3 is 9.80 Å². The lowest BCUT2D eigenvalue weighted by molar-refractivity contribution is 0.397. The van der Waals surface area contributed by atoms with E-state index < -0.39 is 0 Å². The Balaban J connectivity index is 2.97. The summed E-state index contributed by atoms with van der Waals surface area (Å²) in [6, 6.07) is 4.61. The predicted molar refractivity (Wildman–Crippen MR) is 86.7 cm³/mol. The smallest absolute Gasteiger partial charge is 0.0238 e. The van der Waals surface area contributed by atoms with E-state index in [4.69, 9.17) is 0 Å². The lowest BCUT2D eigenvalue weighted by Crippen LogP contribution is -2.14. The van der Waals surface area contributed by atoms with Crippen LogP contribution in [0.1, 0.15) is 11.1 Å². The van der Waals surface area contributed by atoms with Gasteiger partial charge in [-0.25, -0.2) is 0 Å². The molecule has 16 heavy (non-hydrogen) atoms. The summed E-state index contributed by atoms with van der Waals surface area (Å²) in [5.74, 6) is 0. The molecule has 1 rings (SSSR count). The van der Waals surface area contributed by atoms with Crippen LogP contribution in [0.15, 0.2) is 12.1 Å². The highest BCUT2D eigenvalue weighted by Crippen LogP contribution is 2.22. The molecule has 0 radical (unpaired) electrons. The molecule has 1 aromatic carbocycles. The van der Waals surface area contributed by atoms with Crippen molar-refractivity contribution < 1.29 is 0 Å². The van der Waals surface area contributed by atoms with Crippen LogP contribution < -0.4 is 0 Å². The molecule has 0 aliphatic heterocycles. The van der Waals surface area contributed by atoms with Crippen molar-refractivity contribution in [2.45, 2.75) is 13.1 Å². The van der Waals surface area contributed by atoms with Crippen molar-refractivity contribution in [1.29, 1.82) is 0 Å². The molecular formula is C12H18I2N2. The van der Waals surface area contributed by atoms with Crippen molar-refractivity contribution in [2.75, 3.05) is 28.2 Å². The zero-order chi connectivity index (χ0) is 12.3. The Labute approximate surface area is 126 Å². The van der Waals surface area contributed by atoms with E-state index in [1.54, 1.807) is 0 Å². The fourth-order valence-corrected chi connectivity index (χ4v) is 2.96. The molecule has 90 valence electrons. The van der Waals surface area contributed by atoms with Crippen molar-refractivity contribution in [2.24, 2.45) is 0 Å². The Bertz CT molecular complexity index is 327. The lowest BCUT2D eigenvalue weighted by atomic mass is 10.1.